The van der Waals surface area contributed by atoms with Crippen molar-refractivity contribution in [2.24, 2.45) is 5.41 Å². The van der Waals surface area contributed by atoms with Crippen molar-refractivity contribution in [3.8, 4) is 11.1 Å². The van der Waals surface area contributed by atoms with Gasteiger partial charge in [0.1, 0.15) is 17.3 Å². The van der Waals surface area contributed by atoms with E-state index in [4.69, 9.17) is 0 Å². The van der Waals surface area contributed by atoms with Crippen molar-refractivity contribution >= 4 is 11.0 Å². The van der Waals surface area contributed by atoms with Gasteiger partial charge in [-0.1, -0.05) is 6.92 Å². The average molecular weight is 355 g/mol. The highest BCUT2D eigenvalue weighted by molar-refractivity contribution is 5.96. The number of pyridine rings is 1. The van der Waals surface area contributed by atoms with Gasteiger partial charge in [0.05, 0.1) is 0 Å². The lowest BCUT2D eigenvalue weighted by atomic mass is 9.76. The normalized spacial score (nSPS) is 16.9. The molecule has 5 heteroatoms. The van der Waals surface area contributed by atoms with Gasteiger partial charge in [-0.15, -0.1) is 0 Å². The Morgan fingerprint density at radius 3 is 2.58 bits per heavy atom. The van der Waals surface area contributed by atoms with E-state index in [-0.39, 0.29) is 0 Å². The summed E-state index contributed by atoms with van der Waals surface area (Å²) in [6.07, 6.45) is 7.97. The van der Waals surface area contributed by atoms with E-state index < -0.39 is 11.6 Å². The summed E-state index contributed by atoms with van der Waals surface area (Å²) in [5.74, 6) is -1.14. The second-order valence-electron chi connectivity index (χ2n) is 7.61. The lowest BCUT2D eigenvalue weighted by Crippen LogP contribution is -2.35. The molecule has 2 aromatic heterocycles. The molecule has 0 aliphatic carbocycles. The first kappa shape index (κ1) is 17.2. The Kier molecular flexibility index (Phi) is 4.49. The van der Waals surface area contributed by atoms with Gasteiger partial charge in [0.15, 0.2) is 0 Å². The number of halogens is 2. The number of aromatic amines is 1. The summed E-state index contributed by atoms with van der Waals surface area (Å²) in [6.45, 7) is 4.49. The molecule has 3 nitrogen and oxygen atoms in total. The fourth-order valence-electron chi connectivity index (χ4n) is 3.99. The SMILES string of the molecule is CC1(CCc2ccnc3[nH]cc(-c4cc(F)cc(F)c4)c23)CCNCC1. The minimum atomic E-state index is -0.568. The summed E-state index contributed by atoms with van der Waals surface area (Å²) < 4.78 is 27.4. The second-order valence-corrected chi connectivity index (χ2v) is 7.61. The standard InChI is InChI=1S/C21H23F2N3/c1-21(5-8-24-9-6-21)4-2-14-3-7-25-20-19(14)18(13-26-20)15-10-16(22)12-17(23)11-15/h3,7,10-13,24H,2,4-6,8-9H2,1H3,(H,25,26). The largest absolute Gasteiger partial charge is 0.346 e. The highest BCUT2D eigenvalue weighted by Gasteiger charge is 2.26. The number of nitrogens with one attached hydrogen (secondary N) is 2. The van der Waals surface area contributed by atoms with Gasteiger partial charge in [0.25, 0.3) is 0 Å². The van der Waals surface area contributed by atoms with Gasteiger partial charge in [-0.25, -0.2) is 13.8 Å². The van der Waals surface area contributed by atoms with Gasteiger partial charge in [-0.05, 0) is 73.5 Å². The molecule has 4 rings (SSSR count). The Bertz CT molecular complexity index is 906. The molecule has 136 valence electrons. The maximum absolute atomic E-state index is 13.7. The van der Waals surface area contributed by atoms with E-state index in [1.54, 1.807) is 12.4 Å². The molecule has 0 saturated carbocycles. The van der Waals surface area contributed by atoms with Crippen molar-refractivity contribution in [2.45, 2.75) is 32.6 Å². The van der Waals surface area contributed by atoms with E-state index in [1.807, 2.05) is 6.07 Å². The highest BCUT2D eigenvalue weighted by atomic mass is 19.1. The van der Waals surface area contributed by atoms with Gasteiger partial charge in [0, 0.05) is 29.4 Å². The smallest absolute Gasteiger partial charge is 0.138 e. The Hall–Kier alpha value is -2.27. The van der Waals surface area contributed by atoms with Crippen LogP contribution < -0.4 is 5.32 Å². The van der Waals surface area contributed by atoms with Gasteiger partial charge >= 0.3 is 0 Å². The molecule has 3 heterocycles. The Labute approximate surface area is 151 Å². The van der Waals surface area contributed by atoms with Crippen LogP contribution in [0.5, 0.6) is 0 Å². The zero-order valence-electron chi connectivity index (χ0n) is 14.9. The van der Waals surface area contributed by atoms with Crippen molar-refractivity contribution < 1.29 is 8.78 Å². The van der Waals surface area contributed by atoms with E-state index in [0.29, 0.717) is 11.0 Å². The third kappa shape index (κ3) is 3.36. The number of rotatable bonds is 4. The number of benzene rings is 1. The third-order valence-corrected chi connectivity index (χ3v) is 5.64. The number of aryl methyl sites for hydroxylation is 1. The van der Waals surface area contributed by atoms with Crippen molar-refractivity contribution in [1.29, 1.82) is 0 Å². The Balaban J connectivity index is 1.70. The van der Waals surface area contributed by atoms with E-state index in [9.17, 15) is 8.78 Å². The molecule has 0 amide bonds. The van der Waals surface area contributed by atoms with Crippen LogP contribution in [-0.2, 0) is 6.42 Å². The molecule has 1 aliphatic heterocycles. The molecule has 1 fully saturated rings. The highest BCUT2D eigenvalue weighted by Crippen LogP contribution is 2.36. The van der Waals surface area contributed by atoms with Crippen molar-refractivity contribution in [3.63, 3.8) is 0 Å². The molecule has 1 aromatic carbocycles. The van der Waals surface area contributed by atoms with Gasteiger partial charge in [0.2, 0.25) is 0 Å². The van der Waals surface area contributed by atoms with Crippen LogP contribution in [0.3, 0.4) is 0 Å². The summed E-state index contributed by atoms with van der Waals surface area (Å²) >= 11 is 0. The summed E-state index contributed by atoms with van der Waals surface area (Å²) in [5.41, 5.74) is 3.61. The van der Waals surface area contributed by atoms with Gasteiger partial charge in [-0.2, -0.15) is 0 Å². The van der Waals surface area contributed by atoms with E-state index in [1.165, 1.54) is 30.5 Å². The van der Waals surface area contributed by atoms with Crippen LogP contribution in [0.2, 0.25) is 0 Å². The number of nitrogens with zero attached hydrogens (tertiary/aromatic N) is 1. The summed E-state index contributed by atoms with van der Waals surface area (Å²) in [4.78, 5) is 7.54. The molecule has 3 aromatic rings. The number of aromatic nitrogens is 2. The maximum Gasteiger partial charge on any atom is 0.138 e. The predicted molar refractivity (Wildman–Crippen MR) is 100.0 cm³/mol. The monoisotopic (exact) mass is 355 g/mol. The van der Waals surface area contributed by atoms with Crippen LogP contribution >= 0.6 is 0 Å². The molecule has 26 heavy (non-hydrogen) atoms. The first-order valence-corrected chi connectivity index (χ1v) is 9.16. The van der Waals surface area contributed by atoms with Crippen LogP contribution in [0.4, 0.5) is 8.78 Å². The Morgan fingerprint density at radius 1 is 1.12 bits per heavy atom. The van der Waals surface area contributed by atoms with Crippen LogP contribution in [0, 0.1) is 17.0 Å². The fraction of sp³-hybridized carbons (Fsp3) is 0.381. The first-order chi connectivity index (χ1) is 12.5. The first-order valence-electron chi connectivity index (χ1n) is 9.16. The lowest BCUT2D eigenvalue weighted by Gasteiger charge is -2.34. The number of piperidine rings is 1. The second kappa shape index (κ2) is 6.80. The summed E-state index contributed by atoms with van der Waals surface area (Å²) in [6, 6.07) is 5.67. The Morgan fingerprint density at radius 2 is 1.85 bits per heavy atom. The quantitative estimate of drug-likeness (QED) is 0.704. The van der Waals surface area contributed by atoms with Crippen LogP contribution in [0.25, 0.3) is 22.2 Å². The molecule has 0 atom stereocenters. The molecule has 0 bridgehead atoms. The van der Waals surface area contributed by atoms with Gasteiger partial charge < -0.3 is 10.3 Å². The fourth-order valence-corrected chi connectivity index (χ4v) is 3.99. The average Bonchev–Trinajstić information content (AvgIpc) is 3.04. The number of fused-ring (bicyclic) bond motifs is 1. The summed E-state index contributed by atoms with van der Waals surface area (Å²) in [7, 11) is 0. The maximum atomic E-state index is 13.7. The van der Waals surface area contributed by atoms with Crippen molar-refractivity contribution in [2.75, 3.05) is 13.1 Å². The predicted octanol–water partition coefficient (Wildman–Crippen LogP) is 4.83. The minimum Gasteiger partial charge on any atom is -0.346 e. The molecular formula is C21H23F2N3. The zero-order valence-corrected chi connectivity index (χ0v) is 14.9. The summed E-state index contributed by atoms with van der Waals surface area (Å²) in [5, 5.41) is 4.39. The van der Waals surface area contributed by atoms with Crippen molar-refractivity contribution in [1.82, 2.24) is 15.3 Å². The molecule has 0 radical (unpaired) electrons. The number of hydrogen-bond acceptors (Lipinski definition) is 2. The molecule has 0 spiro atoms. The van der Waals surface area contributed by atoms with Crippen LogP contribution in [0.15, 0.2) is 36.7 Å². The van der Waals surface area contributed by atoms with E-state index in [0.717, 1.165) is 48.6 Å². The molecule has 2 N–H and O–H groups in total. The molecule has 1 saturated heterocycles. The lowest BCUT2D eigenvalue weighted by molar-refractivity contribution is 0.212. The van der Waals surface area contributed by atoms with Crippen LogP contribution in [-0.4, -0.2) is 23.1 Å². The van der Waals surface area contributed by atoms with Crippen LogP contribution in [0.1, 0.15) is 31.7 Å². The topological polar surface area (TPSA) is 40.7 Å². The van der Waals surface area contributed by atoms with Gasteiger partial charge in [-0.3, -0.25) is 0 Å². The minimum absolute atomic E-state index is 0.336. The number of H-pyrrole nitrogens is 1. The van der Waals surface area contributed by atoms with E-state index >= 15 is 0 Å². The van der Waals surface area contributed by atoms with E-state index in [2.05, 4.69) is 22.2 Å². The number of hydrogen-bond donors (Lipinski definition) is 2. The third-order valence-electron chi connectivity index (χ3n) is 5.64. The molecule has 0 unspecified atom stereocenters. The molecule has 1 aliphatic rings. The molecular weight excluding hydrogens is 332 g/mol. The van der Waals surface area contributed by atoms with Crippen molar-refractivity contribution in [3.05, 3.63) is 53.9 Å². The zero-order chi connectivity index (χ0) is 18.1.